The van der Waals surface area contributed by atoms with E-state index in [2.05, 4.69) is 24.3 Å². The van der Waals surface area contributed by atoms with Gasteiger partial charge in [0.25, 0.3) is 0 Å². The number of nitrogens with one attached hydrogen (secondary N) is 1. The van der Waals surface area contributed by atoms with Gasteiger partial charge in [0.1, 0.15) is 5.75 Å². The lowest BCUT2D eigenvalue weighted by Gasteiger charge is -2.20. The standard InChI is InChI=1S/C13H18ClN3OS/c1-8(2)17-12(9(14)7-16-17)11(15-3)13-10(18-4)5-6-19-13/h5-8,11,15H,1-4H3. The fraction of sp³-hybridized carbons (Fsp3) is 0.462. The molecule has 0 saturated carbocycles. The van der Waals surface area contributed by atoms with Crippen molar-refractivity contribution in [2.45, 2.75) is 25.9 Å². The van der Waals surface area contributed by atoms with E-state index in [1.54, 1.807) is 24.6 Å². The van der Waals surface area contributed by atoms with E-state index in [1.807, 2.05) is 23.2 Å². The molecule has 0 spiro atoms. The van der Waals surface area contributed by atoms with E-state index in [9.17, 15) is 0 Å². The van der Waals surface area contributed by atoms with Gasteiger partial charge >= 0.3 is 0 Å². The van der Waals surface area contributed by atoms with Crippen molar-refractivity contribution in [3.05, 3.63) is 33.2 Å². The van der Waals surface area contributed by atoms with E-state index >= 15 is 0 Å². The molecule has 1 unspecified atom stereocenters. The average molecular weight is 300 g/mol. The Kier molecular flexibility index (Phi) is 4.50. The summed E-state index contributed by atoms with van der Waals surface area (Å²) in [6, 6.07) is 2.20. The minimum atomic E-state index is -0.0210. The van der Waals surface area contributed by atoms with Gasteiger partial charge in [-0.1, -0.05) is 11.6 Å². The molecule has 2 aromatic heterocycles. The Bertz CT molecular complexity index is 550. The molecule has 4 nitrogen and oxygen atoms in total. The number of thiophene rings is 1. The summed E-state index contributed by atoms with van der Waals surface area (Å²) in [6.07, 6.45) is 1.70. The van der Waals surface area contributed by atoms with Gasteiger partial charge in [0.05, 0.1) is 34.9 Å². The SMILES string of the molecule is CNC(c1sccc1OC)c1c(Cl)cnn1C(C)C. The van der Waals surface area contributed by atoms with E-state index in [0.29, 0.717) is 5.02 Å². The van der Waals surface area contributed by atoms with Crippen LogP contribution < -0.4 is 10.1 Å². The predicted molar refractivity (Wildman–Crippen MR) is 79.4 cm³/mol. The molecule has 1 atom stereocenters. The van der Waals surface area contributed by atoms with Crippen molar-refractivity contribution < 1.29 is 4.74 Å². The molecular weight excluding hydrogens is 282 g/mol. The van der Waals surface area contributed by atoms with Crippen molar-refractivity contribution >= 4 is 22.9 Å². The van der Waals surface area contributed by atoms with Gasteiger partial charge in [-0.25, -0.2) is 0 Å². The number of aromatic nitrogens is 2. The number of ether oxygens (including phenoxy) is 1. The largest absolute Gasteiger partial charge is 0.496 e. The smallest absolute Gasteiger partial charge is 0.134 e. The second-order valence-electron chi connectivity index (χ2n) is 4.49. The molecule has 0 radical (unpaired) electrons. The third kappa shape index (κ3) is 2.63. The number of rotatable bonds is 5. The molecule has 0 aliphatic heterocycles. The fourth-order valence-corrected chi connectivity index (χ4v) is 3.32. The minimum absolute atomic E-state index is 0.0210. The first-order valence-corrected chi connectivity index (χ1v) is 7.37. The molecule has 104 valence electrons. The van der Waals surface area contributed by atoms with Crippen LogP contribution in [-0.2, 0) is 0 Å². The molecule has 2 heterocycles. The van der Waals surface area contributed by atoms with E-state index in [-0.39, 0.29) is 12.1 Å². The Balaban J connectivity index is 2.51. The lowest BCUT2D eigenvalue weighted by atomic mass is 10.1. The summed E-state index contributed by atoms with van der Waals surface area (Å²) < 4.78 is 7.35. The zero-order valence-electron chi connectivity index (χ0n) is 11.5. The van der Waals surface area contributed by atoms with Gasteiger partial charge in [-0.15, -0.1) is 11.3 Å². The monoisotopic (exact) mass is 299 g/mol. The third-order valence-corrected chi connectivity index (χ3v) is 4.23. The molecule has 0 amide bonds. The molecule has 6 heteroatoms. The zero-order valence-corrected chi connectivity index (χ0v) is 13.0. The molecule has 19 heavy (non-hydrogen) atoms. The van der Waals surface area contributed by atoms with Crippen LogP contribution in [0.4, 0.5) is 0 Å². The summed E-state index contributed by atoms with van der Waals surface area (Å²) in [5, 5.41) is 10.3. The van der Waals surface area contributed by atoms with Gasteiger partial charge in [-0.05, 0) is 32.3 Å². The topological polar surface area (TPSA) is 39.1 Å². The predicted octanol–water partition coefficient (Wildman–Crippen LogP) is 3.50. The molecule has 0 aliphatic carbocycles. The Morgan fingerprint density at radius 2 is 2.21 bits per heavy atom. The normalized spacial score (nSPS) is 12.9. The molecule has 1 N–H and O–H groups in total. The van der Waals surface area contributed by atoms with Crippen LogP contribution in [0.5, 0.6) is 5.75 Å². The van der Waals surface area contributed by atoms with E-state index in [0.717, 1.165) is 16.3 Å². The van der Waals surface area contributed by atoms with Crippen LogP contribution in [0.2, 0.25) is 5.02 Å². The molecule has 0 bridgehead atoms. The Morgan fingerprint density at radius 1 is 1.47 bits per heavy atom. The van der Waals surface area contributed by atoms with Crippen LogP contribution in [0, 0.1) is 0 Å². The summed E-state index contributed by atoms with van der Waals surface area (Å²) in [5.41, 5.74) is 0.972. The first kappa shape index (κ1) is 14.4. The van der Waals surface area contributed by atoms with Gasteiger partial charge in [0.2, 0.25) is 0 Å². The highest BCUT2D eigenvalue weighted by molar-refractivity contribution is 7.10. The van der Waals surface area contributed by atoms with Crippen LogP contribution >= 0.6 is 22.9 Å². The lowest BCUT2D eigenvalue weighted by Crippen LogP contribution is -2.22. The van der Waals surface area contributed by atoms with Gasteiger partial charge in [-0.2, -0.15) is 5.10 Å². The molecule has 0 saturated heterocycles. The molecule has 2 aromatic rings. The van der Waals surface area contributed by atoms with Gasteiger partial charge in [0.15, 0.2) is 0 Å². The first-order valence-electron chi connectivity index (χ1n) is 6.11. The summed E-state index contributed by atoms with van der Waals surface area (Å²) in [6.45, 7) is 4.18. The van der Waals surface area contributed by atoms with E-state index in [1.165, 1.54) is 0 Å². The Morgan fingerprint density at radius 3 is 2.79 bits per heavy atom. The lowest BCUT2D eigenvalue weighted by molar-refractivity contribution is 0.405. The van der Waals surface area contributed by atoms with Crippen LogP contribution in [0.15, 0.2) is 17.6 Å². The second-order valence-corrected chi connectivity index (χ2v) is 5.85. The highest BCUT2D eigenvalue weighted by Crippen LogP contribution is 2.37. The molecule has 0 aliphatic rings. The maximum absolute atomic E-state index is 6.32. The summed E-state index contributed by atoms with van der Waals surface area (Å²) >= 11 is 7.96. The number of nitrogens with zero attached hydrogens (tertiary/aromatic N) is 2. The van der Waals surface area contributed by atoms with Crippen molar-refractivity contribution in [1.82, 2.24) is 15.1 Å². The minimum Gasteiger partial charge on any atom is -0.496 e. The van der Waals surface area contributed by atoms with Gasteiger partial charge in [-0.3, -0.25) is 4.68 Å². The van der Waals surface area contributed by atoms with Crippen LogP contribution in [-0.4, -0.2) is 23.9 Å². The van der Waals surface area contributed by atoms with Gasteiger partial charge in [0, 0.05) is 6.04 Å². The quantitative estimate of drug-likeness (QED) is 0.918. The Labute approximate surface area is 122 Å². The number of halogens is 1. The van der Waals surface area contributed by atoms with Crippen molar-refractivity contribution in [3.8, 4) is 5.75 Å². The van der Waals surface area contributed by atoms with Crippen molar-refractivity contribution in [2.24, 2.45) is 0 Å². The molecular formula is C13H18ClN3OS. The average Bonchev–Trinajstić information content (AvgIpc) is 2.98. The highest BCUT2D eigenvalue weighted by atomic mass is 35.5. The maximum Gasteiger partial charge on any atom is 0.134 e. The first-order chi connectivity index (χ1) is 9.10. The van der Waals surface area contributed by atoms with Crippen LogP contribution in [0.1, 0.15) is 36.5 Å². The molecule has 2 rings (SSSR count). The summed E-state index contributed by atoms with van der Waals surface area (Å²) in [7, 11) is 3.59. The maximum atomic E-state index is 6.32. The highest BCUT2D eigenvalue weighted by Gasteiger charge is 2.25. The number of hydrogen-bond acceptors (Lipinski definition) is 4. The van der Waals surface area contributed by atoms with Crippen molar-refractivity contribution in [3.63, 3.8) is 0 Å². The summed E-state index contributed by atoms with van der Waals surface area (Å²) in [5.74, 6) is 0.872. The summed E-state index contributed by atoms with van der Waals surface area (Å²) in [4.78, 5) is 1.11. The third-order valence-electron chi connectivity index (χ3n) is 2.98. The molecule has 0 fully saturated rings. The zero-order chi connectivity index (χ0) is 14.0. The number of methoxy groups -OCH3 is 1. The Hall–Kier alpha value is -1.04. The van der Waals surface area contributed by atoms with Crippen LogP contribution in [0.3, 0.4) is 0 Å². The number of hydrogen-bond donors (Lipinski definition) is 1. The molecule has 0 aromatic carbocycles. The van der Waals surface area contributed by atoms with Crippen molar-refractivity contribution in [2.75, 3.05) is 14.2 Å². The van der Waals surface area contributed by atoms with E-state index < -0.39 is 0 Å². The van der Waals surface area contributed by atoms with E-state index in [4.69, 9.17) is 16.3 Å². The van der Waals surface area contributed by atoms with Crippen molar-refractivity contribution in [1.29, 1.82) is 0 Å². The fourth-order valence-electron chi connectivity index (χ4n) is 2.11. The van der Waals surface area contributed by atoms with Gasteiger partial charge < -0.3 is 10.1 Å². The second kappa shape index (κ2) is 5.94. The van der Waals surface area contributed by atoms with Crippen LogP contribution in [0.25, 0.3) is 0 Å².